The standard InChI is InChI=1S/C16H26N2/c1-13-7-3-5-9-15(13)18(2)16-10-6-4-8-14(16)11-12-17/h4,6,8,10,13,15H,3,5,7,9,11-12,17H2,1-2H3. The zero-order valence-corrected chi connectivity index (χ0v) is 11.7. The van der Waals surface area contributed by atoms with E-state index in [1.54, 1.807) is 0 Å². The molecule has 1 fully saturated rings. The number of benzene rings is 1. The third kappa shape index (κ3) is 2.86. The number of hydrogen-bond acceptors (Lipinski definition) is 2. The molecule has 2 atom stereocenters. The van der Waals surface area contributed by atoms with Gasteiger partial charge in [-0.3, -0.25) is 0 Å². The molecule has 2 N–H and O–H groups in total. The summed E-state index contributed by atoms with van der Waals surface area (Å²) in [4.78, 5) is 2.49. The topological polar surface area (TPSA) is 29.3 Å². The quantitative estimate of drug-likeness (QED) is 0.884. The molecule has 0 bridgehead atoms. The van der Waals surface area contributed by atoms with Gasteiger partial charge in [-0.05, 0) is 43.4 Å². The van der Waals surface area contributed by atoms with E-state index in [1.807, 2.05) is 0 Å². The summed E-state index contributed by atoms with van der Waals surface area (Å²) in [6.07, 6.45) is 6.44. The van der Waals surface area contributed by atoms with Crippen LogP contribution in [0.15, 0.2) is 24.3 Å². The van der Waals surface area contributed by atoms with E-state index in [-0.39, 0.29) is 0 Å². The molecule has 0 amide bonds. The van der Waals surface area contributed by atoms with Crippen LogP contribution in [0.3, 0.4) is 0 Å². The molecule has 0 saturated heterocycles. The van der Waals surface area contributed by atoms with Crippen LogP contribution in [0, 0.1) is 5.92 Å². The molecule has 2 unspecified atom stereocenters. The molecule has 1 aromatic rings. The summed E-state index contributed by atoms with van der Waals surface area (Å²) in [5.74, 6) is 0.801. The summed E-state index contributed by atoms with van der Waals surface area (Å²) in [5.41, 5.74) is 8.48. The maximum absolute atomic E-state index is 5.72. The minimum absolute atomic E-state index is 0.692. The van der Waals surface area contributed by atoms with Crippen LogP contribution in [0.1, 0.15) is 38.2 Å². The highest BCUT2D eigenvalue weighted by atomic mass is 15.1. The van der Waals surface area contributed by atoms with Crippen LogP contribution in [-0.2, 0) is 6.42 Å². The molecule has 1 saturated carbocycles. The van der Waals surface area contributed by atoms with E-state index >= 15 is 0 Å². The van der Waals surface area contributed by atoms with E-state index in [1.165, 1.54) is 36.9 Å². The largest absolute Gasteiger partial charge is 0.371 e. The summed E-state index contributed by atoms with van der Waals surface area (Å²) in [6, 6.07) is 9.41. The predicted molar refractivity (Wildman–Crippen MR) is 79.0 cm³/mol. The first-order chi connectivity index (χ1) is 8.74. The number of hydrogen-bond donors (Lipinski definition) is 1. The number of rotatable bonds is 4. The van der Waals surface area contributed by atoms with Gasteiger partial charge in [0.15, 0.2) is 0 Å². The zero-order chi connectivity index (χ0) is 13.0. The number of nitrogens with two attached hydrogens (primary N) is 1. The Bertz CT molecular complexity index is 375. The molecule has 100 valence electrons. The summed E-state index contributed by atoms with van der Waals surface area (Å²) >= 11 is 0. The smallest absolute Gasteiger partial charge is 0.0399 e. The molecule has 1 aliphatic rings. The van der Waals surface area contributed by atoms with Crippen molar-refractivity contribution >= 4 is 5.69 Å². The van der Waals surface area contributed by atoms with Crippen LogP contribution in [0.2, 0.25) is 0 Å². The normalized spacial score (nSPS) is 23.9. The third-order valence-corrected chi connectivity index (χ3v) is 4.35. The van der Waals surface area contributed by atoms with Crippen molar-refractivity contribution in [3.05, 3.63) is 29.8 Å². The molecule has 0 radical (unpaired) electrons. The first-order valence-corrected chi connectivity index (χ1v) is 7.25. The van der Waals surface area contributed by atoms with Crippen LogP contribution < -0.4 is 10.6 Å². The molecule has 18 heavy (non-hydrogen) atoms. The lowest BCUT2D eigenvalue weighted by molar-refractivity contribution is 0.321. The maximum atomic E-state index is 5.72. The highest BCUT2D eigenvalue weighted by Crippen LogP contribution is 2.31. The van der Waals surface area contributed by atoms with Gasteiger partial charge in [0, 0.05) is 18.8 Å². The minimum atomic E-state index is 0.692. The number of nitrogens with zero attached hydrogens (tertiary/aromatic N) is 1. The summed E-state index contributed by atoms with van der Waals surface area (Å²) in [5, 5.41) is 0. The van der Waals surface area contributed by atoms with Gasteiger partial charge in [-0.1, -0.05) is 38.0 Å². The fourth-order valence-corrected chi connectivity index (χ4v) is 3.27. The molecule has 1 aliphatic carbocycles. The van der Waals surface area contributed by atoms with Gasteiger partial charge in [0.1, 0.15) is 0 Å². The molecular weight excluding hydrogens is 220 g/mol. The van der Waals surface area contributed by atoms with E-state index < -0.39 is 0 Å². The molecule has 0 aliphatic heterocycles. The van der Waals surface area contributed by atoms with Crippen LogP contribution in [0.5, 0.6) is 0 Å². The van der Waals surface area contributed by atoms with Gasteiger partial charge < -0.3 is 10.6 Å². The molecule has 0 aromatic heterocycles. The van der Waals surface area contributed by atoms with Crippen molar-refractivity contribution < 1.29 is 0 Å². The highest BCUT2D eigenvalue weighted by Gasteiger charge is 2.25. The molecule has 0 spiro atoms. The molecule has 2 nitrogen and oxygen atoms in total. The SMILES string of the molecule is CC1CCCCC1N(C)c1ccccc1CCN. The van der Waals surface area contributed by atoms with Gasteiger partial charge in [0.2, 0.25) is 0 Å². The van der Waals surface area contributed by atoms with Crippen molar-refractivity contribution in [2.24, 2.45) is 11.7 Å². The summed E-state index contributed by atoms with van der Waals surface area (Å²) in [6.45, 7) is 3.12. The first-order valence-electron chi connectivity index (χ1n) is 7.25. The third-order valence-electron chi connectivity index (χ3n) is 4.35. The predicted octanol–water partition coefficient (Wildman–Crippen LogP) is 3.20. The van der Waals surface area contributed by atoms with Gasteiger partial charge in [-0.2, -0.15) is 0 Å². The fourth-order valence-electron chi connectivity index (χ4n) is 3.27. The van der Waals surface area contributed by atoms with Crippen molar-refractivity contribution in [2.75, 3.05) is 18.5 Å². The molecule has 1 aromatic carbocycles. The highest BCUT2D eigenvalue weighted by molar-refractivity contribution is 5.54. The van der Waals surface area contributed by atoms with E-state index in [0.29, 0.717) is 6.04 Å². The molecular formula is C16H26N2. The van der Waals surface area contributed by atoms with E-state index in [2.05, 4.69) is 43.1 Å². The second kappa shape index (κ2) is 6.24. The lowest BCUT2D eigenvalue weighted by Crippen LogP contribution is -2.39. The Labute approximate surface area is 111 Å². The Kier molecular flexibility index (Phi) is 4.65. The van der Waals surface area contributed by atoms with Crippen molar-refractivity contribution in [3.8, 4) is 0 Å². The Hall–Kier alpha value is -1.02. The van der Waals surface area contributed by atoms with Crippen LogP contribution in [0.4, 0.5) is 5.69 Å². The van der Waals surface area contributed by atoms with E-state index in [0.717, 1.165) is 18.9 Å². The van der Waals surface area contributed by atoms with Gasteiger partial charge in [-0.25, -0.2) is 0 Å². The van der Waals surface area contributed by atoms with E-state index in [4.69, 9.17) is 5.73 Å². The second-order valence-electron chi connectivity index (χ2n) is 5.61. The fraction of sp³-hybridized carbons (Fsp3) is 0.625. The van der Waals surface area contributed by atoms with Crippen LogP contribution in [-0.4, -0.2) is 19.6 Å². The first kappa shape index (κ1) is 13.4. The maximum Gasteiger partial charge on any atom is 0.0399 e. The van der Waals surface area contributed by atoms with Crippen molar-refractivity contribution in [2.45, 2.75) is 45.1 Å². The lowest BCUT2D eigenvalue weighted by Gasteiger charge is -2.38. The summed E-state index contributed by atoms with van der Waals surface area (Å²) in [7, 11) is 2.25. The Balaban J connectivity index is 2.19. The minimum Gasteiger partial charge on any atom is -0.371 e. The zero-order valence-electron chi connectivity index (χ0n) is 11.7. The van der Waals surface area contributed by atoms with Gasteiger partial charge >= 0.3 is 0 Å². The Morgan fingerprint density at radius 2 is 1.94 bits per heavy atom. The number of anilines is 1. The Morgan fingerprint density at radius 3 is 2.67 bits per heavy atom. The van der Waals surface area contributed by atoms with Gasteiger partial charge in [0.25, 0.3) is 0 Å². The van der Waals surface area contributed by atoms with Gasteiger partial charge in [0.05, 0.1) is 0 Å². The van der Waals surface area contributed by atoms with Crippen LogP contribution >= 0.6 is 0 Å². The average Bonchev–Trinajstić information content (AvgIpc) is 2.40. The van der Waals surface area contributed by atoms with Gasteiger partial charge in [-0.15, -0.1) is 0 Å². The Morgan fingerprint density at radius 1 is 1.22 bits per heavy atom. The number of para-hydroxylation sites is 1. The van der Waals surface area contributed by atoms with E-state index in [9.17, 15) is 0 Å². The van der Waals surface area contributed by atoms with Crippen LogP contribution in [0.25, 0.3) is 0 Å². The second-order valence-corrected chi connectivity index (χ2v) is 5.61. The van der Waals surface area contributed by atoms with Crippen molar-refractivity contribution in [1.82, 2.24) is 0 Å². The average molecular weight is 246 g/mol. The van der Waals surface area contributed by atoms with Crippen molar-refractivity contribution in [1.29, 1.82) is 0 Å². The lowest BCUT2D eigenvalue weighted by atomic mass is 9.84. The van der Waals surface area contributed by atoms with Crippen molar-refractivity contribution in [3.63, 3.8) is 0 Å². The monoisotopic (exact) mass is 246 g/mol. The molecule has 2 rings (SSSR count). The summed E-state index contributed by atoms with van der Waals surface area (Å²) < 4.78 is 0. The molecule has 2 heteroatoms. The molecule has 0 heterocycles.